The van der Waals surface area contributed by atoms with E-state index in [2.05, 4.69) is 10.6 Å². The van der Waals surface area contributed by atoms with Gasteiger partial charge in [-0.05, 0) is 81.6 Å². The molecule has 5 aliphatic rings. The van der Waals surface area contributed by atoms with E-state index in [0.29, 0.717) is 6.42 Å². The Kier molecular flexibility index (Phi) is 4.78. The van der Waals surface area contributed by atoms with Gasteiger partial charge >= 0.3 is 0 Å². The van der Waals surface area contributed by atoms with Crippen molar-refractivity contribution in [3.05, 3.63) is 0 Å². The van der Waals surface area contributed by atoms with Crippen LogP contribution in [0.3, 0.4) is 0 Å². The predicted molar refractivity (Wildman–Crippen MR) is 96.9 cm³/mol. The summed E-state index contributed by atoms with van der Waals surface area (Å²) in [5, 5.41) is 6.11. The molecule has 2 amide bonds. The average molecular weight is 348 g/mol. The quantitative estimate of drug-likeness (QED) is 0.772. The van der Waals surface area contributed by atoms with Gasteiger partial charge in [0, 0.05) is 25.6 Å². The molecule has 140 valence electrons. The third-order valence-corrected chi connectivity index (χ3v) is 7.27. The molecule has 4 saturated carbocycles. The van der Waals surface area contributed by atoms with E-state index in [1.807, 2.05) is 11.9 Å². The molecule has 1 unspecified atom stereocenters. The lowest BCUT2D eigenvalue weighted by atomic mass is 9.49. The SMILES string of the molecule is CNCC1CCCN1C(=O)CNC(=O)CC12CC3CC(CC(C3)C1)C2. The van der Waals surface area contributed by atoms with Crippen LogP contribution in [0.2, 0.25) is 0 Å². The Balaban J connectivity index is 1.27. The average Bonchev–Trinajstić information content (AvgIpc) is 2.99. The Morgan fingerprint density at radius 3 is 2.32 bits per heavy atom. The van der Waals surface area contributed by atoms with E-state index in [0.717, 1.165) is 43.7 Å². The maximum absolute atomic E-state index is 12.6. The Labute approximate surface area is 151 Å². The Hall–Kier alpha value is -1.10. The molecule has 0 spiro atoms. The molecule has 25 heavy (non-hydrogen) atoms. The van der Waals surface area contributed by atoms with Crippen LogP contribution in [-0.2, 0) is 9.59 Å². The normalized spacial score (nSPS) is 39.0. The number of nitrogens with one attached hydrogen (secondary N) is 2. The van der Waals surface area contributed by atoms with Gasteiger partial charge in [0.05, 0.1) is 6.54 Å². The molecule has 1 saturated heterocycles. The fourth-order valence-electron chi connectivity index (χ4n) is 6.80. The lowest BCUT2D eigenvalue weighted by Gasteiger charge is -2.56. The minimum absolute atomic E-state index is 0.0802. The van der Waals surface area contributed by atoms with Crippen LogP contribution in [0.25, 0.3) is 0 Å². The smallest absolute Gasteiger partial charge is 0.242 e. The highest BCUT2D eigenvalue weighted by Crippen LogP contribution is 2.61. The van der Waals surface area contributed by atoms with Crippen molar-refractivity contribution in [2.45, 2.75) is 63.8 Å². The molecule has 4 bridgehead atoms. The Bertz CT molecular complexity index is 498. The van der Waals surface area contributed by atoms with Crippen LogP contribution in [0, 0.1) is 23.2 Å². The minimum Gasteiger partial charge on any atom is -0.347 e. The summed E-state index contributed by atoms with van der Waals surface area (Å²) in [6.45, 7) is 1.84. The molecule has 0 aromatic rings. The van der Waals surface area contributed by atoms with Crippen molar-refractivity contribution >= 4 is 11.8 Å². The number of likely N-dealkylation sites (tertiary alicyclic amines) is 1. The molecule has 0 aromatic carbocycles. The van der Waals surface area contributed by atoms with Gasteiger partial charge in [0.1, 0.15) is 0 Å². The number of hydrogen-bond donors (Lipinski definition) is 2. The number of nitrogens with zero attached hydrogens (tertiary/aromatic N) is 1. The predicted octanol–water partition coefficient (Wildman–Crippen LogP) is 1.92. The van der Waals surface area contributed by atoms with Crippen molar-refractivity contribution < 1.29 is 9.59 Å². The van der Waals surface area contributed by atoms with E-state index in [1.54, 1.807) is 0 Å². The molecular formula is C20H33N3O2. The monoisotopic (exact) mass is 347 g/mol. The minimum atomic E-state index is 0.0802. The zero-order valence-electron chi connectivity index (χ0n) is 15.6. The van der Waals surface area contributed by atoms with Gasteiger partial charge in [-0.15, -0.1) is 0 Å². The van der Waals surface area contributed by atoms with E-state index < -0.39 is 0 Å². The molecule has 2 N–H and O–H groups in total. The van der Waals surface area contributed by atoms with Crippen LogP contribution in [0.4, 0.5) is 0 Å². The van der Waals surface area contributed by atoms with Crippen LogP contribution in [-0.4, -0.2) is 49.4 Å². The van der Waals surface area contributed by atoms with Crippen molar-refractivity contribution in [1.29, 1.82) is 0 Å². The molecule has 5 fully saturated rings. The van der Waals surface area contributed by atoms with Crippen LogP contribution < -0.4 is 10.6 Å². The first-order chi connectivity index (χ1) is 12.1. The van der Waals surface area contributed by atoms with Gasteiger partial charge in [-0.1, -0.05) is 0 Å². The molecule has 1 aliphatic heterocycles. The number of hydrogen-bond acceptors (Lipinski definition) is 3. The summed E-state index contributed by atoms with van der Waals surface area (Å²) in [5.41, 5.74) is 0.254. The molecule has 4 aliphatic carbocycles. The summed E-state index contributed by atoms with van der Waals surface area (Å²) in [7, 11) is 1.92. The van der Waals surface area contributed by atoms with Crippen LogP contribution in [0.15, 0.2) is 0 Å². The molecule has 5 heteroatoms. The molecule has 5 rings (SSSR count). The fourth-order valence-corrected chi connectivity index (χ4v) is 6.80. The zero-order valence-corrected chi connectivity index (χ0v) is 15.6. The second-order valence-corrected chi connectivity index (χ2v) is 9.31. The highest BCUT2D eigenvalue weighted by Gasteiger charge is 2.51. The van der Waals surface area contributed by atoms with Crippen molar-refractivity contribution in [3.63, 3.8) is 0 Å². The lowest BCUT2D eigenvalue weighted by molar-refractivity contribution is -0.136. The highest BCUT2D eigenvalue weighted by molar-refractivity contribution is 5.85. The summed E-state index contributed by atoms with van der Waals surface area (Å²) in [4.78, 5) is 27.0. The Morgan fingerprint density at radius 1 is 1.08 bits per heavy atom. The number of likely N-dealkylation sites (N-methyl/N-ethyl adjacent to an activating group) is 1. The summed E-state index contributed by atoms with van der Waals surface area (Å²) >= 11 is 0. The zero-order chi connectivity index (χ0) is 17.4. The summed E-state index contributed by atoms with van der Waals surface area (Å²) < 4.78 is 0. The first-order valence-corrected chi connectivity index (χ1v) is 10.3. The van der Waals surface area contributed by atoms with E-state index in [1.165, 1.54) is 38.5 Å². The summed E-state index contributed by atoms with van der Waals surface area (Å²) in [6, 6.07) is 0.289. The maximum Gasteiger partial charge on any atom is 0.242 e. The van der Waals surface area contributed by atoms with Gasteiger partial charge < -0.3 is 15.5 Å². The molecule has 1 heterocycles. The fraction of sp³-hybridized carbons (Fsp3) is 0.900. The van der Waals surface area contributed by atoms with Gasteiger partial charge in [-0.2, -0.15) is 0 Å². The van der Waals surface area contributed by atoms with Crippen molar-refractivity contribution in [2.24, 2.45) is 23.2 Å². The second kappa shape index (κ2) is 6.90. The van der Waals surface area contributed by atoms with Gasteiger partial charge in [0.2, 0.25) is 11.8 Å². The molecule has 0 aromatic heterocycles. The standard InChI is InChI=1S/C20H33N3O2/c1-21-12-17-3-2-4-23(17)19(25)13-22-18(24)11-20-8-14-5-15(9-20)7-16(6-14)10-20/h14-17,21H,2-13H2,1H3,(H,22,24). The maximum atomic E-state index is 12.6. The molecule has 0 radical (unpaired) electrons. The third kappa shape index (κ3) is 3.57. The number of carbonyl (C=O) groups excluding carboxylic acids is 2. The molecular weight excluding hydrogens is 314 g/mol. The third-order valence-electron chi connectivity index (χ3n) is 7.27. The van der Waals surface area contributed by atoms with E-state index >= 15 is 0 Å². The van der Waals surface area contributed by atoms with E-state index in [9.17, 15) is 9.59 Å². The largest absolute Gasteiger partial charge is 0.347 e. The van der Waals surface area contributed by atoms with E-state index in [-0.39, 0.29) is 29.8 Å². The van der Waals surface area contributed by atoms with Gasteiger partial charge in [0.15, 0.2) is 0 Å². The van der Waals surface area contributed by atoms with Gasteiger partial charge in [-0.25, -0.2) is 0 Å². The topological polar surface area (TPSA) is 61.4 Å². The van der Waals surface area contributed by atoms with Crippen molar-refractivity contribution in [2.75, 3.05) is 26.7 Å². The molecule has 5 nitrogen and oxygen atoms in total. The number of amides is 2. The summed E-state index contributed by atoms with van der Waals surface area (Å²) in [5.74, 6) is 2.78. The first-order valence-electron chi connectivity index (χ1n) is 10.3. The highest BCUT2D eigenvalue weighted by atomic mass is 16.2. The van der Waals surface area contributed by atoms with Crippen LogP contribution >= 0.6 is 0 Å². The second-order valence-electron chi connectivity index (χ2n) is 9.31. The lowest BCUT2D eigenvalue weighted by Crippen LogP contribution is -2.49. The Morgan fingerprint density at radius 2 is 1.72 bits per heavy atom. The van der Waals surface area contributed by atoms with Gasteiger partial charge in [-0.3, -0.25) is 9.59 Å². The van der Waals surface area contributed by atoms with E-state index in [4.69, 9.17) is 0 Å². The number of rotatable bonds is 6. The van der Waals surface area contributed by atoms with Crippen molar-refractivity contribution in [1.82, 2.24) is 15.5 Å². The van der Waals surface area contributed by atoms with Crippen LogP contribution in [0.5, 0.6) is 0 Å². The van der Waals surface area contributed by atoms with Gasteiger partial charge in [0.25, 0.3) is 0 Å². The van der Waals surface area contributed by atoms with Crippen molar-refractivity contribution in [3.8, 4) is 0 Å². The first kappa shape index (κ1) is 17.3. The van der Waals surface area contributed by atoms with Crippen LogP contribution in [0.1, 0.15) is 57.8 Å². The molecule has 1 atom stereocenters. The number of carbonyl (C=O) groups is 2. The summed E-state index contributed by atoms with van der Waals surface area (Å²) in [6.07, 6.45) is 10.7.